The van der Waals surface area contributed by atoms with Gasteiger partial charge in [0.1, 0.15) is 11.5 Å². The average molecular weight is 478 g/mol. The molecule has 1 saturated heterocycles. The van der Waals surface area contributed by atoms with E-state index in [4.69, 9.17) is 14.5 Å². The van der Waals surface area contributed by atoms with Crippen LogP contribution in [0.3, 0.4) is 0 Å². The Morgan fingerprint density at radius 1 is 0.853 bits per heavy atom. The Kier molecular flexibility index (Phi) is 6.12. The van der Waals surface area contributed by atoms with Crippen LogP contribution in [0.1, 0.15) is 5.69 Å². The van der Waals surface area contributed by atoms with Gasteiger partial charge in [-0.25, -0.2) is 8.42 Å². The number of piperazine rings is 1. The van der Waals surface area contributed by atoms with Gasteiger partial charge in [-0.15, -0.1) is 0 Å². The molecule has 176 valence electrons. The van der Waals surface area contributed by atoms with E-state index in [0.717, 1.165) is 38.9 Å². The van der Waals surface area contributed by atoms with Gasteiger partial charge in [-0.1, -0.05) is 36.4 Å². The third kappa shape index (κ3) is 4.20. The number of rotatable bonds is 6. The van der Waals surface area contributed by atoms with Crippen molar-refractivity contribution in [3.8, 4) is 11.5 Å². The maximum Gasteiger partial charge on any atom is 0.243 e. The lowest BCUT2D eigenvalue weighted by molar-refractivity contribution is 0.180. The molecule has 0 amide bonds. The Morgan fingerprint density at radius 3 is 2.38 bits per heavy atom. The van der Waals surface area contributed by atoms with Crippen molar-refractivity contribution in [3.63, 3.8) is 0 Å². The predicted octanol–water partition coefficient (Wildman–Crippen LogP) is 3.91. The number of fused-ring (bicyclic) bond motifs is 2. The summed E-state index contributed by atoms with van der Waals surface area (Å²) in [5, 5.41) is 2.59. The molecule has 8 heteroatoms. The number of aromatic nitrogens is 1. The summed E-state index contributed by atoms with van der Waals surface area (Å²) < 4.78 is 39.3. The molecule has 1 aliphatic rings. The highest BCUT2D eigenvalue weighted by atomic mass is 32.2. The quantitative estimate of drug-likeness (QED) is 0.419. The third-order valence-corrected chi connectivity index (χ3v) is 8.29. The lowest BCUT2D eigenvalue weighted by Crippen LogP contribution is -2.48. The maximum absolute atomic E-state index is 13.4. The van der Waals surface area contributed by atoms with Gasteiger partial charge in [0.25, 0.3) is 0 Å². The number of nitrogens with zero attached hydrogens (tertiary/aromatic N) is 3. The van der Waals surface area contributed by atoms with Crippen molar-refractivity contribution < 1.29 is 17.9 Å². The second-order valence-electron chi connectivity index (χ2n) is 8.36. The fourth-order valence-corrected chi connectivity index (χ4v) is 6.16. The van der Waals surface area contributed by atoms with E-state index in [1.165, 1.54) is 0 Å². The highest BCUT2D eigenvalue weighted by molar-refractivity contribution is 7.89. The number of benzene rings is 3. The van der Waals surface area contributed by atoms with Crippen LogP contribution >= 0.6 is 0 Å². The predicted molar refractivity (Wildman–Crippen MR) is 133 cm³/mol. The standard InChI is InChI=1S/C26H27N3O4S/c1-32-21-10-11-24-23(17-21)25(33-2)16-20(27-24)18-28-12-14-29(15-13-28)34(30,31)26-9-5-7-19-6-3-4-8-22(19)26/h3-11,16-17H,12-15,18H2,1-2H3. The summed E-state index contributed by atoms with van der Waals surface area (Å²) in [6, 6.07) is 20.7. The molecule has 0 aliphatic carbocycles. The van der Waals surface area contributed by atoms with Crippen LogP contribution < -0.4 is 9.47 Å². The molecule has 0 atom stereocenters. The lowest BCUT2D eigenvalue weighted by atomic mass is 10.1. The normalized spacial score (nSPS) is 15.6. The summed E-state index contributed by atoms with van der Waals surface area (Å²) in [6.07, 6.45) is 0. The molecule has 0 spiro atoms. The van der Waals surface area contributed by atoms with Crippen LogP contribution in [0.4, 0.5) is 0 Å². The van der Waals surface area contributed by atoms with Crippen LogP contribution in [0.5, 0.6) is 11.5 Å². The SMILES string of the molecule is COc1ccc2nc(CN3CCN(S(=O)(=O)c4cccc5ccccc45)CC3)cc(OC)c2c1. The van der Waals surface area contributed by atoms with E-state index in [2.05, 4.69) is 4.90 Å². The highest BCUT2D eigenvalue weighted by Gasteiger charge is 2.29. The first-order chi connectivity index (χ1) is 16.5. The Balaban J connectivity index is 1.32. The van der Waals surface area contributed by atoms with Gasteiger partial charge in [0, 0.05) is 49.6 Å². The van der Waals surface area contributed by atoms with E-state index in [9.17, 15) is 8.42 Å². The van der Waals surface area contributed by atoms with Crippen LogP contribution in [0.2, 0.25) is 0 Å². The molecule has 1 aromatic heterocycles. The second kappa shape index (κ2) is 9.21. The number of methoxy groups -OCH3 is 2. The number of ether oxygens (including phenoxy) is 2. The molecule has 1 fully saturated rings. The largest absolute Gasteiger partial charge is 0.497 e. The molecular formula is C26H27N3O4S. The van der Waals surface area contributed by atoms with E-state index in [1.807, 2.05) is 54.6 Å². The Labute approximate surface area is 199 Å². The van der Waals surface area contributed by atoms with Crippen molar-refractivity contribution in [1.29, 1.82) is 0 Å². The smallest absolute Gasteiger partial charge is 0.243 e. The van der Waals surface area contributed by atoms with E-state index in [0.29, 0.717) is 37.6 Å². The minimum Gasteiger partial charge on any atom is -0.497 e. The number of hydrogen-bond acceptors (Lipinski definition) is 6. The first kappa shape index (κ1) is 22.6. The van der Waals surface area contributed by atoms with Gasteiger partial charge in [-0.3, -0.25) is 9.88 Å². The molecule has 34 heavy (non-hydrogen) atoms. The van der Waals surface area contributed by atoms with Gasteiger partial charge in [0.05, 0.1) is 30.3 Å². The summed E-state index contributed by atoms with van der Waals surface area (Å²) in [7, 11) is -0.290. The maximum atomic E-state index is 13.4. The molecular weight excluding hydrogens is 450 g/mol. The number of sulfonamides is 1. The van der Waals surface area contributed by atoms with Crippen LogP contribution in [-0.2, 0) is 16.6 Å². The monoisotopic (exact) mass is 477 g/mol. The molecule has 0 N–H and O–H groups in total. The molecule has 4 aromatic rings. The van der Waals surface area contributed by atoms with Crippen molar-refractivity contribution in [2.24, 2.45) is 0 Å². The molecule has 2 heterocycles. The van der Waals surface area contributed by atoms with E-state index in [-0.39, 0.29) is 0 Å². The average Bonchev–Trinajstić information content (AvgIpc) is 2.88. The van der Waals surface area contributed by atoms with Gasteiger partial charge in [0.2, 0.25) is 10.0 Å². The van der Waals surface area contributed by atoms with Crippen LogP contribution in [0, 0.1) is 0 Å². The minimum absolute atomic E-state index is 0.371. The molecule has 7 nitrogen and oxygen atoms in total. The van der Waals surface area contributed by atoms with Crippen LogP contribution in [0.15, 0.2) is 71.6 Å². The van der Waals surface area contributed by atoms with E-state index < -0.39 is 10.0 Å². The number of hydrogen-bond donors (Lipinski definition) is 0. The van der Waals surface area contributed by atoms with Gasteiger partial charge < -0.3 is 9.47 Å². The first-order valence-electron chi connectivity index (χ1n) is 11.2. The fraction of sp³-hybridized carbons (Fsp3) is 0.269. The Hall–Kier alpha value is -3.20. The summed E-state index contributed by atoms with van der Waals surface area (Å²) >= 11 is 0. The number of pyridine rings is 1. The van der Waals surface area contributed by atoms with E-state index >= 15 is 0 Å². The zero-order valence-electron chi connectivity index (χ0n) is 19.3. The molecule has 0 unspecified atom stereocenters. The minimum atomic E-state index is -3.57. The lowest BCUT2D eigenvalue weighted by Gasteiger charge is -2.34. The van der Waals surface area contributed by atoms with Gasteiger partial charge in [-0.05, 0) is 29.7 Å². The van der Waals surface area contributed by atoms with Crippen molar-refractivity contribution in [2.75, 3.05) is 40.4 Å². The summed E-state index contributed by atoms with van der Waals surface area (Å²) in [5.41, 5.74) is 1.73. The zero-order valence-corrected chi connectivity index (χ0v) is 20.1. The van der Waals surface area contributed by atoms with Crippen molar-refractivity contribution >= 4 is 31.7 Å². The second-order valence-corrected chi connectivity index (χ2v) is 10.3. The molecule has 0 saturated carbocycles. The van der Waals surface area contributed by atoms with Gasteiger partial charge >= 0.3 is 0 Å². The molecule has 5 rings (SSSR count). The van der Waals surface area contributed by atoms with Gasteiger partial charge in [0.15, 0.2) is 0 Å². The van der Waals surface area contributed by atoms with Crippen molar-refractivity contribution in [1.82, 2.24) is 14.2 Å². The third-order valence-electron chi connectivity index (χ3n) is 6.34. The molecule has 1 aliphatic heterocycles. The summed E-state index contributed by atoms with van der Waals surface area (Å²) in [6.45, 7) is 2.77. The Bertz CT molecular complexity index is 1440. The summed E-state index contributed by atoms with van der Waals surface area (Å²) in [4.78, 5) is 7.39. The topological polar surface area (TPSA) is 72.0 Å². The summed E-state index contributed by atoms with van der Waals surface area (Å²) in [5.74, 6) is 1.50. The zero-order chi connectivity index (χ0) is 23.7. The van der Waals surface area contributed by atoms with Crippen molar-refractivity contribution in [3.05, 3.63) is 72.4 Å². The van der Waals surface area contributed by atoms with E-state index in [1.54, 1.807) is 30.7 Å². The molecule has 3 aromatic carbocycles. The van der Waals surface area contributed by atoms with Crippen LogP contribution in [-0.4, -0.2) is 63.0 Å². The molecule has 0 bridgehead atoms. The van der Waals surface area contributed by atoms with Crippen molar-refractivity contribution in [2.45, 2.75) is 11.4 Å². The fourth-order valence-electron chi connectivity index (χ4n) is 4.52. The van der Waals surface area contributed by atoms with Crippen LogP contribution in [0.25, 0.3) is 21.7 Å². The molecule has 0 radical (unpaired) electrons. The van der Waals surface area contributed by atoms with Gasteiger partial charge in [-0.2, -0.15) is 4.31 Å². The highest BCUT2D eigenvalue weighted by Crippen LogP contribution is 2.30. The first-order valence-corrected chi connectivity index (χ1v) is 12.7. The Morgan fingerprint density at radius 2 is 1.62 bits per heavy atom.